The average Bonchev–Trinajstić information content (AvgIpc) is 3.44. The monoisotopic (exact) mass is 472 g/mol. The van der Waals surface area contributed by atoms with Gasteiger partial charge in [0.15, 0.2) is 5.13 Å². The lowest BCUT2D eigenvalue weighted by molar-refractivity contribution is -0.119. The van der Waals surface area contributed by atoms with Crippen molar-refractivity contribution in [1.82, 2.24) is 9.97 Å². The molecule has 0 unspecified atom stereocenters. The van der Waals surface area contributed by atoms with Crippen LogP contribution < -0.4 is 14.8 Å². The van der Waals surface area contributed by atoms with Crippen LogP contribution in [0.5, 0.6) is 5.75 Å². The molecule has 0 radical (unpaired) electrons. The number of rotatable bonds is 7. The molecule has 2 N–H and O–H groups in total. The van der Waals surface area contributed by atoms with Crippen LogP contribution in [0.2, 0.25) is 0 Å². The number of pyridine rings is 1. The van der Waals surface area contributed by atoms with Crippen molar-refractivity contribution in [2.75, 3.05) is 17.1 Å². The van der Waals surface area contributed by atoms with Crippen LogP contribution in [0.4, 0.5) is 10.8 Å². The molecule has 0 bridgehead atoms. The van der Waals surface area contributed by atoms with Crippen LogP contribution in [0.3, 0.4) is 0 Å². The van der Waals surface area contributed by atoms with Gasteiger partial charge in [-0.1, -0.05) is 24.2 Å². The van der Waals surface area contributed by atoms with Gasteiger partial charge in [-0.3, -0.25) is 14.5 Å². The van der Waals surface area contributed by atoms with Crippen LogP contribution in [0.15, 0.2) is 47.6 Å². The van der Waals surface area contributed by atoms with Crippen LogP contribution in [-0.4, -0.2) is 31.4 Å². The summed E-state index contributed by atoms with van der Waals surface area (Å²) in [5, 5.41) is 3.44. The summed E-state index contributed by atoms with van der Waals surface area (Å²) in [6.45, 7) is 1.84. The van der Waals surface area contributed by atoms with Crippen molar-refractivity contribution in [3.8, 4) is 16.2 Å². The number of benzene rings is 1. The Morgan fingerprint density at radius 3 is 2.69 bits per heavy atom. The molecule has 168 valence electrons. The Kier molecular flexibility index (Phi) is 6.43. The lowest BCUT2D eigenvalue weighted by Gasteiger charge is -2.13. The molecule has 1 aromatic carbocycles. The average molecular weight is 473 g/mol. The zero-order valence-electron chi connectivity index (χ0n) is 17.8. The number of ether oxygens (including phenoxy) is 1. The number of aromatic nitrogens is 2. The van der Waals surface area contributed by atoms with Crippen molar-refractivity contribution in [3.05, 3.63) is 48.4 Å². The summed E-state index contributed by atoms with van der Waals surface area (Å²) in [6, 6.07) is 8.22. The highest BCUT2D eigenvalue weighted by Gasteiger charge is 2.25. The Bertz CT molecular complexity index is 1220. The molecular weight excluding hydrogens is 448 g/mol. The van der Waals surface area contributed by atoms with Crippen molar-refractivity contribution in [1.29, 1.82) is 0 Å². The molecule has 1 amide bonds. The summed E-state index contributed by atoms with van der Waals surface area (Å²) in [7, 11) is -2.50. The number of carbonyl (C=O) groups excluding carboxylic acids is 1. The maximum Gasteiger partial charge on any atom is 0.265 e. The third-order valence-corrected chi connectivity index (χ3v) is 7.91. The van der Waals surface area contributed by atoms with Gasteiger partial charge in [-0.2, -0.15) is 0 Å². The minimum Gasteiger partial charge on any atom is -0.495 e. The fourth-order valence-electron chi connectivity index (χ4n) is 3.77. The molecular formula is C22H24N4O4S2. The maximum atomic E-state index is 13.1. The summed E-state index contributed by atoms with van der Waals surface area (Å²) in [4.78, 5) is 21.7. The summed E-state index contributed by atoms with van der Waals surface area (Å²) >= 11 is 1.33. The standard InChI is InChI=1S/C22H24N4O4S2/c1-14-20(31-22(24-14)25-21(27)15-6-3-4-7-15)16-9-10-18(30-2)19(12-16)32(28,29)26-17-8-5-11-23-13-17/h5,8-13,15,26H,3-4,6-7H2,1-2H3,(H,24,25,27). The van der Waals surface area contributed by atoms with Gasteiger partial charge in [-0.05, 0) is 55.7 Å². The van der Waals surface area contributed by atoms with Crippen molar-refractivity contribution >= 4 is 38.1 Å². The molecule has 1 aliphatic carbocycles. The van der Waals surface area contributed by atoms with E-state index in [0.717, 1.165) is 30.6 Å². The van der Waals surface area contributed by atoms with Gasteiger partial charge >= 0.3 is 0 Å². The Labute approximate surface area is 191 Å². The van der Waals surface area contributed by atoms with Crippen molar-refractivity contribution in [2.24, 2.45) is 5.92 Å². The predicted octanol–water partition coefficient (Wildman–Crippen LogP) is 4.45. The van der Waals surface area contributed by atoms with E-state index in [9.17, 15) is 13.2 Å². The van der Waals surface area contributed by atoms with Gasteiger partial charge in [0.05, 0.1) is 29.6 Å². The Hall–Kier alpha value is -2.98. The molecule has 0 aliphatic heterocycles. The number of hydrogen-bond donors (Lipinski definition) is 2. The van der Waals surface area contributed by atoms with E-state index in [-0.39, 0.29) is 22.5 Å². The largest absolute Gasteiger partial charge is 0.495 e. The van der Waals surface area contributed by atoms with E-state index < -0.39 is 10.0 Å². The molecule has 0 atom stereocenters. The predicted molar refractivity (Wildman–Crippen MR) is 124 cm³/mol. The number of nitrogens with zero attached hydrogens (tertiary/aromatic N) is 2. The van der Waals surface area contributed by atoms with Crippen LogP contribution in [0, 0.1) is 12.8 Å². The fourth-order valence-corrected chi connectivity index (χ4v) is 5.98. The zero-order valence-corrected chi connectivity index (χ0v) is 19.4. The number of nitrogens with one attached hydrogen (secondary N) is 2. The number of methoxy groups -OCH3 is 1. The molecule has 2 heterocycles. The molecule has 32 heavy (non-hydrogen) atoms. The molecule has 1 fully saturated rings. The lowest BCUT2D eigenvalue weighted by atomic mass is 10.1. The first-order chi connectivity index (χ1) is 15.4. The molecule has 3 aromatic rings. The minimum atomic E-state index is -3.92. The first-order valence-electron chi connectivity index (χ1n) is 10.3. The quantitative estimate of drug-likeness (QED) is 0.526. The lowest BCUT2D eigenvalue weighted by Crippen LogP contribution is -2.20. The van der Waals surface area contributed by atoms with Gasteiger partial charge in [0.1, 0.15) is 10.6 Å². The molecule has 10 heteroatoms. The highest BCUT2D eigenvalue weighted by atomic mass is 32.2. The van der Waals surface area contributed by atoms with Gasteiger partial charge in [-0.25, -0.2) is 13.4 Å². The highest BCUT2D eigenvalue weighted by Crippen LogP contribution is 2.37. The normalized spacial score (nSPS) is 14.3. The Balaban J connectivity index is 1.63. The second kappa shape index (κ2) is 9.25. The highest BCUT2D eigenvalue weighted by molar-refractivity contribution is 7.92. The number of aryl methyl sites for hydroxylation is 1. The summed E-state index contributed by atoms with van der Waals surface area (Å²) in [5.41, 5.74) is 1.74. The third-order valence-electron chi connectivity index (χ3n) is 5.38. The summed E-state index contributed by atoms with van der Waals surface area (Å²) in [5.74, 6) is 0.266. The number of hydrogen-bond acceptors (Lipinski definition) is 7. The first kappa shape index (κ1) is 22.2. The van der Waals surface area contributed by atoms with Gasteiger partial charge in [0, 0.05) is 12.1 Å². The van der Waals surface area contributed by atoms with E-state index in [1.807, 2.05) is 6.92 Å². The Morgan fingerprint density at radius 1 is 1.22 bits per heavy atom. The Morgan fingerprint density at radius 2 is 2.00 bits per heavy atom. The molecule has 1 saturated carbocycles. The van der Waals surface area contributed by atoms with E-state index in [0.29, 0.717) is 22.1 Å². The van der Waals surface area contributed by atoms with Crippen molar-refractivity contribution in [2.45, 2.75) is 37.5 Å². The van der Waals surface area contributed by atoms with Crippen LogP contribution >= 0.6 is 11.3 Å². The van der Waals surface area contributed by atoms with Gasteiger partial charge in [0.25, 0.3) is 10.0 Å². The molecule has 8 nitrogen and oxygen atoms in total. The summed E-state index contributed by atoms with van der Waals surface area (Å²) in [6.07, 6.45) is 6.97. The first-order valence-corrected chi connectivity index (χ1v) is 12.6. The van der Waals surface area contributed by atoms with Gasteiger partial charge in [0.2, 0.25) is 5.91 Å². The van der Waals surface area contributed by atoms with Crippen LogP contribution in [0.1, 0.15) is 31.4 Å². The molecule has 2 aromatic heterocycles. The van der Waals surface area contributed by atoms with E-state index in [1.165, 1.54) is 24.6 Å². The zero-order chi connectivity index (χ0) is 22.7. The SMILES string of the molecule is COc1ccc(-c2sc(NC(=O)C3CCCC3)nc2C)cc1S(=O)(=O)Nc1cccnc1. The van der Waals surface area contributed by atoms with E-state index in [1.54, 1.807) is 36.5 Å². The van der Waals surface area contributed by atoms with E-state index in [2.05, 4.69) is 20.0 Å². The van der Waals surface area contributed by atoms with E-state index >= 15 is 0 Å². The number of carbonyl (C=O) groups is 1. The number of anilines is 2. The van der Waals surface area contributed by atoms with Crippen molar-refractivity contribution < 1.29 is 17.9 Å². The molecule has 4 rings (SSSR count). The second-order valence-corrected chi connectivity index (χ2v) is 10.3. The maximum absolute atomic E-state index is 13.1. The smallest absolute Gasteiger partial charge is 0.265 e. The van der Waals surface area contributed by atoms with Crippen LogP contribution in [0.25, 0.3) is 10.4 Å². The van der Waals surface area contributed by atoms with Crippen LogP contribution in [-0.2, 0) is 14.8 Å². The molecule has 0 saturated heterocycles. The van der Waals surface area contributed by atoms with Gasteiger partial charge < -0.3 is 10.1 Å². The summed E-state index contributed by atoms with van der Waals surface area (Å²) < 4.78 is 33.9. The second-order valence-electron chi connectivity index (χ2n) is 7.62. The number of amides is 1. The van der Waals surface area contributed by atoms with Crippen molar-refractivity contribution in [3.63, 3.8) is 0 Å². The van der Waals surface area contributed by atoms with Gasteiger partial charge in [-0.15, -0.1) is 0 Å². The topological polar surface area (TPSA) is 110 Å². The third kappa shape index (κ3) is 4.76. The number of sulfonamides is 1. The number of thiazole rings is 1. The fraction of sp³-hybridized carbons (Fsp3) is 0.318. The molecule has 1 aliphatic rings. The minimum absolute atomic E-state index is 0.00136. The van der Waals surface area contributed by atoms with E-state index in [4.69, 9.17) is 4.74 Å². The molecule has 0 spiro atoms.